The van der Waals surface area contributed by atoms with Gasteiger partial charge in [0.2, 0.25) is 0 Å². The van der Waals surface area contributed by atoms with Crippen molar-refractivity contribution in [2.45, 2.75) is 45.1 Å². The van der Waals surface area contributed by atoms with Crippen LogP contribution in [0.4, 0.5) is 0 Å². The van der Waals surface area contributed by atoms with E-state index in [1.54, 1.807) is 10.6 Å². The van der Waals surface area contributed by atoms with Gasteiger partial charge in [-0.25, -0.2) is 0 Å². The van der Waals surface area contributed by atoms with Gasteiger partial charge in [0.05, 0.1) is 6.04 Å². The van der Waals surface area contributed by atoms with Gasteiger partial charge >= 0.3 is 5.97 Å². The third-order valence-corrected chi connectivity index (χ3v) is 7.33. The highest BCUT2D eigenvalue weighted by atomic mass is 16.4. The molecule has 0 radical (unpaired) electrons. The van der Waals surface area contributed by atoms with Crippen molar-refractivity contribution in [3.05, 3.63) is 102 Å². The zero-order chi connectivity index (χ0) is 25.2. The van der Waals surface area contributed by atoms with Crippen molar-refractivity contribution in [2.75, 3.05) is 13.1 Å². The smallest absolute Gasteiger partial charge is 0.323 e. The lowest BCUT2D eigenvalue weighted by Crippen LogP contribution is -2.56. The second kappa shape index (κ2) is 10.2. The molecule has 6 nitrogen and oxygen atoms in total. The highest BCUT2D eigenvalue weighted by Crippen LogP contribution is 2.36. The van der Waals surface area contributed by atoms with Gasteiger partial charge < -0.3 is 14.8 Å². The molecule has 3 atom stereocenters. The van der Waals surface area contributed by atoms with Crippen molar-refractivity contribution in [2.24, 2.45) is 0 Å². The molecule has 4 aromatic rings. The van der Waals surface area contributed by atoms with E-state index in [4.69, 9.17) is 0 Å². The Bertz CT molecular complexity index is 1350. The largest absolute Gasteiger partial charge is 0.508 e. The van der Waals surface area contributed by atoms with Crippen LogP contribution in [-0.4, -0.2) is 55.7 Å². The van der Waals surface area contributed by atoms with Crippen LogP contribution in [0.15, 0.2) is 85.1 Å². The highest BCUT2D eigenvalue weighted by molar-refractivity contribution is 5.82. The van der Waals surface area contributed by atoms with Crippen LogP contribution in [0, 0.1) is 0 Å². The summed E-state index contributed by atoms with van der Waals surface area (Å²) in [4.78, 5) is 16.3. The number of piperazine rings is 1. The third-order valence-electron chi connectivity index (χ3n) is 7.33. The monoisotopic (exact) mass is 483 g/mol. The van der Waals surface area contributed by atoms with E-state index in [0.717, 1.165) is 41.7 Å². The molecule has 0 spiro atoms. The summed E-state index contributed by atoms with van der Waals surface area (Å²) in [6.07, 6.45) is 1.83. The number of benzene rings is 3. The van der Waals surface area contributed by atoms with Crippen molar-refractivity contribution >= 4 is 16.9 Å². The van der Waals surface area contributed by atoms with E-state index in [2.05, 4.69) is 72.2 Å². The van der Waals surface area contributed by atoms with Gasteiger partial charge in [0.15, 0.2) is 0 Å². The first-order chi connectivity index (χ1) is 17.4. The molecule has 2 heterocycles. The van der Waals surface area contributed by atoms with Gasteiger partial charge in [-0.15, -0.1) is 0 Å². The van der Waals surface area contributed by atoms with E-state index in [0.29, 0.717) is 12.1 Å². The molecule has 1 aliphatic heterocycles. The van der Waals surface area contributed by atoms with E-state index in [9.17, 15) is 15.0 Å². The minimum Gasteiger partial charge on any atom is -0.508 e. The standard InChI is InChI=1S/C30H33N3O3/c1-21-18-33(22(2)17-32(21)19-23-7-4-3-5-8-23)30(25-9-6-10-27(34)16-25)26-11-12-28-24(15-26)13-14-31(28)20-29(35)36/h3-16,21-22,30,34H,17-20H2,1-2H3,(H,35,36)/t21-,22+,30+/m1/s1. The second-order valence-electron chi connectivity index (χ2n) is 9.96. The predicted molar refractivity (Wildman–Crippen MR) is 142 cm³/mol. The van der Waals surface area contributed by atoms with Gasteiger partial charge in [-0.1, -0.05) is 48.5 Å². The number of phenols is 1. The average molecular weight is 484 g/mol. The van der Waals surface area contributed by atoms with Crippen LogP contribution in [0.25, 0.3) is 10.9 Å². The number of hydrogen-bond donors (Lipinski definition) is 2. The van der Waals surface area contributed by atoms with Gasteiger partial charge in [-0.2, -0.15) is 0 Å². The molecule has 1 aliphatic rings. The van der Waals surface area contributed by atoms with Crippen molar-refractivity contribution in [1.82, 2.24) is 14.4 Å². The Morgan fingerprint density at radius 2 is 1.69 bits per heavy atom. The van der Waals surface area contributed by atoms with E-state index in [1.165, 1.54) is 5.56 Å². The number of aromatic nitrogens is 1. The van der Waals surface area contributed by atoms with Crippen LogP contribution in [-0.2, 0) is 17.9 Å². The number of phenolic OH excluding ortho intramolecular Hbond substituents is 1. The van der Waals surface area contributed by atoms with E-state index in [-0.39, 0.29) is 18.3 Å². The summed E-state index contributed by atoms with van der Waals surface area (Å²) in [5, 5.41) is 20.6. The number of aliphatic carboxylic acids is 1. The van der Waals surface area contributed by atoms with Crippen LogP contribution in [0.2, 0.25) is 0 Å². The minimum absolute atomic E-state index is 0.0272. The maximum absolute atomic E-state index is 11.3. The molecule has 2 N–H and O–H groups in total. The number of rotatable bonds is 7. The SMILES string of the molecule is C[C@@H]1CN([C@@H](c2cccc(O)c2)c2ccc3c(ccn3CC(=O)O)c2)[C@@H](C)CN1Cc1ccccc1. The number of carboxylic acids is 1. The van der Waals surface area contributed by atoms with Crippen LogP contribution in [0.5, 0.6) is 5.75 Å². The topological polar surface area (TPSA) is 68.9 Å². The first-order valence-electron chi connectivity index (χ1n) is 12.5. The molecule has 0 aliphatic carbocycles. The zero-order valence-electron chi connectivity index (χ0n) is 20.8. The van der Waals surface area contributed by atoms with Gasteiger partial charge in [0.25, 0.3) is 0 Å². The maximum Gasteiger partial charge on any atom is 0.323 e. The number of aromatic hydroxyl groups is 1. The molecule has 0 unspecified atom stereocenters. The Hall–Kier alpha value is -3.61. The molecule has 1 fully saturated rings. The molecule has 0 saturated carbocycles. The van der Waals surface area contributed by atoms with Crippen LogP contribution in [0.1, 0.15) is 36.6 Å². The number of carbonyl (C=O) groups is 1. The Kier molecular flexibility index (Phi) is 6.81. The number of carboxylic acid groups (broad SMARTS) is 1. The van der Waals surface area contributed by atoms with E-state index in [1.807, 2.05) is 30.5 Å². The fourth-order valence-electron chi connectivity index (χ4n) is 5.57. The molecule has 6 heteroatoms. The summed E-state index contributed by atoms with van der Waals surface area (Å²) in [5.74, 6) is -0.597. The Balaban J connectivity index is 1.48. The summed E-state index contributed by atoms with van der Waals surface area (Å²) in [6, 6.07) is 27.1. The molecule has 0 bridgehead atoms. The van der Waals surface area contributed by atoms with Crippen LogP contribution in [0.3, 0.4) is 0 Å². The third kappa shape index (κ3) is 5.01. The first kappa shape index (κ1) is 24.1. The number of hydrogen-bond acceptors (Lipinski definition) is 4. The second-order valence-corrected chi connectivity index (χ2v) is 9.96. The van der Waals surface area contributed by atoms with Gasteiger partial charge in [0.1, 0.15) is 12.3 Å². The normalized spacial score (nSPS) is 19.9. The average Bonchev–Trinajstić information content (AvgIpc) is 3.24. The van der Waals surface area contributed by atoms with E-state index < -0.39 is 5.97 Å². The molecule has 186 valence electrons. The summed E-state index contributed by atoms with van der Waals surface area (Å²) in [6.45, 7) is 7.28. The van der Waals surface area contributed by atoms with Crippen LogP contribution >= 0.6 is 0 Å². The summed E-state index contributed by atoms with van der Waals surface area (Å²) >= 11 is 0. The highest BCUT2D eigenvalue weighted by Gasteiger charge is 2.35. The predicted octanol–water partition coefficient (Wildman–Crippen LogP) is 5.12. The zero-order valence-corrected chi connectivity index (χ0v) is 20.8. The molecular formula is C30H33N3O3. The molecule has 1 saturated heterocycles. The summed E-state index contributed by atoms with van der Waals surface area (Å²) < 4.78 is 1.76. The summed E-state index contributed by atoms with van der Waals surface area (Å²) in [5.41, 5.74) is 4.42. The first-order valence-corrected chi connectivity index (χ1v) is 12.5. The Labute approximate surface area is 212 Å². The minimum atomic E-state index is -0.856. The molecule has 3 aromatic carbocycles. The lowest BCUT2D eigenvalue weighted by atomic mass is 9.92. The van der Waals surface area contributed by atoms with Crippen molar-refractivity contribution in [1.29, 1.82) is 0 Å². The number of fused-ring (bicyclic) bond motifs is 1. The molecule has 0 amide bonds. The van der Waals surface area contributed by atoms with Crippen LogP contribution < -0.4 is 0 Å². The lowest BCUT2D eigenvalue weighted by Gasteiger charge is -2.47. The summed E-state index contributed by atoms with van der Waals surface area (Å²) in [7, 11) is 0. The lowest BCUT2D eigenvalue weighted by molar-refractivity contribution is -0.137. The maximum atomic E-state index is 11.3. The van der Waals surface area contributed by atoms with Gasteiger partial charge in [-0.05, 0) is 66.3 Å². The molecular weight excluding hydrogens is 450 g/mol. The Morgan fingerprint density at radius 3 is 2.44 bits per heavy atom. The van der Waals surface area contributed by atoms with Gasteiger partial charge in [-0.3, -0.25) is 14.6 Å². The van der Waals surface area contributed by atoms with Gasteiger partial charge in [0, 0.05) is 43.4 Å². The Morgan fingerprint density at radius 1 is 0.917 bits per heavy atom. The van der Waals surface area contributed by atoms with Crippen molar-refractivity contribution in [3.63, 3.8) is 0 Å². The fourth-order valence-corrected chi connectivity index (χ4v) is 5.57. The fraction of sp³-hybridized carbons (Fsp3) is 0.300. The van der Waals surface area contributed by atoms with Crippen molar-refractivity contribution < 1.29 is 15.0 Å². The molecule has 5 rings (SSSR count). The number of nitrogens with zero attached hydrogens (tertiary/aromatic N) is 3. The van der Waals surface area contributed by atoms with E-state index >= 15 is 0 Å². The van der Waals surface area contributed by atoms with Crippen molar-refractivity contribution in [3.8, 4) is 5.75 Å². The molecule has 1 aromatic heterocycles. The quantitative estimate of drug-likeness (QED) is 0.382. The molecule has 36 heavy (non-hydrogen) atoms.